The molecule has 2 heteroatoms. The molecule has 0 atom stereocenters. The summed E-state index contributed by atoms with van der Waals surface area (Å²) in [5, 5.41) is 0. The summed E-state index contributed by atoms with van der Waals surface area (Å²) in [4.78, 5) is 0. The van der Waals surface area contributed by atoms with Gasteiger partial charge in [0.2, 0.25) is 0 Å². The molecule has 22 heavy (non-hydrogen) atoms. The smallest absolute Gasteiger partial charge is 0.0397 e. The molecule has 0 bridgehead atoms. The number of aryl methyl sites for hydroxylation is 2. The maximum absolute atomic E-state index is 6.12. The average Bonchev–Trinajstić information content (AvgIpc) is 2.49. The third kappa shape index (κ3) is 3.40. The standard InChI is InChI=1S/C20H24N2/c1-5-16(17-8-6-13(2)7-9-17)10-14(3)18-12-19(21)15(4)11-20(18)22/h6-12H,3,5,21-22H2,1-2,4H3/b16-10+. The zero-order valence-electron chi connectivity index (χ0n) is 13.6. The van der Waals surface area contributed by atoms with E-state index >= 15 is 0 Å². The highest BCUT2D eigenvalue weighted by Crippen LogP contribution is 2.29. The highest BCUT2D eigenvalue weighted by atomic mass is 14.6. The molecule has 0 spiro atoms. The van der Waals surface area contributed by atoms with E-state index in [1.165, 1.54) is 16.7 Å². The number of hydrogen-bond donors (Lipinski definition) is 2. The Morgan fingerprint density at radius 2 is 1.68 bits per heavy atom. The summed E-state index contributed by atoms with van der Waals surface area (Å²) in [6.07, 6.45) is 3.04. The molecule has 0 aliphatic carbocycles. The van der Waals surface area contributed by atoms with E-state index in [4.69, 9.17) is 11.5 Å². The number of nitrogens with two attached hydrogens (primary N) is 2. The molecule has 2 aromatic rings. The van der Waals surface area contributed by atoms with Crippen molar-refractivity contribution in [2.24, 2.45) is 0 Å². The van der Waals surface area contributed by atoms with Gasteiger partial charge in [-0.15, -0.1) is 0 Å². The molecule has 114 valence electrons. The van der Waals surface area contributed by atoms with Crippen molar-refractivity contribution in [3.63, 3.8) is 0 Å². The first-order valence-electron chi connectivity index (χ1n) is 7.54. The third-order valence-electron chi connectivity index (χ3n) is 3.94. The maximum Gasteiger partial charge on any atom is 0.0397 e. The zero-order valence-corrected chi connectivity index (χ0v) is 13.6. The van der Waals surface area contributed by atoms with Crippen molar-refractivity contribution in [2.45, 2.75) is 27.2 Å². The lowest BCUT2D eigenvalue weighted by Crippen LogP contribution is -1.98. The van der Waals surface area contributed by atoms with Crippen molar-refractivity contribution in [3.05, 3.63) is 71.3 Å². The Hall–Kier alpha value is -2.48. The molecule has 0 fully saturated rings. The second-order valence-electron chi connectivity index (χ2n) is 5.71. The number of benzene rings is 2. The molecule has 0 radical (unpaired) electrons. The lowest BCUT2D eigenvalue weighted by Gasteiger charge is -2.12. The van der Waals surface area contributed by atoms with Crippen molar-refractivity contribution in [3.8, 4) is 0 Å². The summed E-state index contributed by atoms with van der Waals surface area (Å²) in [6.45, 7) is 10.4. The summed E-state index contributed by atoms with van der Waals surface area (Å²) in [7, 11) is 0. The molecule has 0 aliphatic rings. The minimum absolute atomic E-state index is 0.715. The average molecular weight is 292 g/mol. The van der Waals surface area contributed by atoms with Crippen LogP contribution in [0, 0.1) is 13.8 Å². The van der Waals surface area contributed by atoms with Crippen LogP contribution in [0.25, 0.3) is 11.1 Å². The second-order valence-corrected chi connectivity index (χ2v) is 5.71. The van der Waals surface area contributed by atoms with Crippen molar-refractivity contribution in [2.75, 3.05) is 11.5 Å². The molecule has 2 rings (SSSR count). The van der Waals surface area contributed by atoms with Gasteiger partial charge in [0.15, 0.2) is 0 Å². The molecule has 2 nitrogen and oxygen atoms in total. The van der Waals surface area contributed by atoms with E-state index in [9.17, 15) is 0 Å². The lowest BCUT2D eigenvalue weighted by molar-refractivity contribution is 1.24. The first-order valence-corrected chi connectivity index (χ1v) is 7.54. The molecular formula is C20H24N2. The number of allylic oxidation sites excluding steroid dienone is 3. The SMILES string of the molecule is C=C(/C=C(\CC)c1ccc(C)cc1)c1cc(N)c(C)cc1N. The Balaban J connectivity index is 2.39. The van der Waals surface area contributed by atoms with Gasteiger partial charge in [-0.05, 0) is 54.7 Å². The van der Waals surface area contributed by atoms with Gasteiger partial charge in [-0.2, -0.15) is 0 Å². The summed E-state index contributed by atoms with van der Waals surface area (Å²) in [5.74, 6) is 0. The largest absolute Gasteiger partial charge is 0.398 e. The molecule has 0 aliphatic heterocycles. The highest BCUT2D eigenvalue weighted by Gasteiger charge is 2.07. The second kappa shape index (κ2) is 6.52. The van der Waals surface area contributed by atoms with Crippen molar-refractivity contribution < 1.29 is 0 Å². The molecular weight excluding hydrogens is 268 g/mol. The summed E-state index contributed by atoms with van der Waals surface area (Å²) >= 11 is 0. The van der Waals surface area contributed by atoms with Crippen LogP contribution < -0.4 is 11.5 Å². The number of rotatable bonds is 4. The Morgan fingerprint density at radius 1 is 1.05 bits per heavy atom. The maximum atomic E-state index is 6.12. The molecule has 0 unspecified atom stereocenters. The molecule has 0 aromatic heterocycles. The number of anilines is 2. The molecule has 4 N–H and O–H groups in total. The Kier molecular flexibility index (Phi) is 4.71. The number of hydrogen-bond acceptors (Lipinski definition) is 2. The van der Waals surface area contributed by atoms with Gasteiger partial charge in [0.25, 0.3) is 0 Å². The van der Waals surface area contributed by atoms with Crippen LogP contribution in [0.3, 0.4) is 0 Å². The lowest BCUT2D eigenvalue weighted by atomic mass is 9.96. The Morgan fingerprint density at radius 3 is 2.27 bits per heavy atom. The fourth-order valence-corrected chi connectivity index (χ4v) is 2.47. The first kappa shape index (κ1) is 15.9. The molecule has 0 saturated heterocycles. The van der Waals surface area contributed by atoms with Crippen molar-refractivity contribution in [1.29, 1.82) is 0 Å². The van der Waals surface area contributed by atoms with Crippen LogP contribution in [0.15, 0.2) is 49.1 Å². The molecule has 0 heterocycles. The van der Waals surface area contributed by atoms with Crippen LogP contribution in [0.5, 0.6) is 0 Å². The first-order chi connectivity index (χ1) is 10.4. The van der Waals surface area contributed by atoms with E-state index in [1.807, 2.05) is 19.1 Å². The van der Waals surface area contributed by atoms with E-state index in [0.29, 0.717) is 5.69 Å². The number of nitrogen functional groups attached to an aromatic ring is 2. The van der Waals surface area contributed by atoms with Crippen LogP contribution in [0.2, 0.25) is 0 Å². The van der Waals surface area contributed by atoms with Crippen LogP contribution in [0.4, 0.5) is 11.4 Å². The van der Waals surface area contributed by atoms with Gasteiger partial charge in [-0.1, -0.05) is 49.4 Å². The monoisotopic (exact) mass is 292 g/mol. The van der Waals surface area contributed by atoms with Gasteiger partial charge in [0.05, 0.1) is 0 Å². The predicted molar refractivity (Wildman–Crippen MR) is 98.5 cm³/mol. The van der Waals surface area contributed by atoms with Gasteiger partial charge in [-0.25, -0.2) is 0 Å². The van der Waals surface area contributed by atoms with Gasteiger partial charge in [0, 0.05) is 16.9 Å². The van der Waals surface area contributed by atoms with Gasteiger partial charge in [-0.3, -0.25) is 0 Å². The molecule has 0 amide bonds. The summed E-state index contributed by atoms with van der Waals surface area (Å²) in [6, 6.07) is 12.3. The Labute approximate surface area is 133 Å². The predicted octanol–water partition coefficient (Wildman–Crippen LogP) is 4.97. The van der Waals surface area contributed by atoms with Gasteiger partial charge < -0.3 is 11.5 Å². The van der Waals surface area contributed by atoms with E-state index in [0.717, 1.165) is 28.8 Å². The zero-order chi connectivity index (χ0) is 16.3. The normalized spacial score (nSPS) is 11.5. The minimum Gasteiger partial charge on any atom is -0.398 e. The highest BCUT2D eigenvalue weighted by molar-refractivity contribution is 5.88. The van der Waals surface area contributed by atoms with E-state index in [-0.39, 0.29) is 0 Å². The fraction of sp³-hybridized carbons (Fsp3) is 0.200. The minimum atomic E-state index is 0.715. The van der Waals surface area contributed by atoms with Gasteiger partial charge in [0.1, 0.15) is 0 Å². The van der Waals surface area contributed by atoms with Crippen LogP contribution >= 0.6 is 0 Å². The van der Waals surface area contributed by atoms with E-state index in [2.05, 4.69) is 50.8 Å². The fourth-order valence-electron chi connectivity index (χ4n) is 2.47. The van der Waals surface area contributed by atoms with E-state index < -0.39 is 0 Å². The Bertz CT molecular complexity index is 722. The third-order valence-corrected chi connectivity index (χ3v) is 3.94. The molecule has 0 saturated carbocycles. The van der Waals surface area contributed by atoms with Crippen molar-refractivity contribution in [1.82, 2.24) is 0 Å². The van der Waals surface area contributed by atoms with Gasteiger partial charge >= 0.3 is 0 Å². The topological polar surface area (TPSA) is 52.0 Å². The quantitative estimate of drug-likeness (QED) is 0.617. The van der Waals surface area contributed by atoms with Crippen LogP contribution in [-0.4, -0.2) is 0 Å². The van der Waals surface area contributed by atoms with E-state index in [1.54, 1.807) is 0 Å². The summed E-state index contributed by atoms with van der Waals surface area (Å²) < 4.78 is 0. The van der Waals surface area contributed by atoms with Crippen molar-refractivity contribution >= 4 is 22.5 Å². The van der Waals surface area contributed by atoms with Crippen LogP contribution in [0.1, 0.15) is 35.6 Å². The molecule has 2 aromatic carbocycles. The summed E-state index contributed by atoms with van der Waals surface area (Å²) in [5.41, 5.74) is 20.1. The van der Waals surface area contributed by atoms with Crippen LogP contribution in [-0.2, 0) is 0 Å².